The van der Waals surface area contributed by atoms with E-state index in [2.05, 4.69) is 0 Å². The molecule has 0 radical (unpaired) electrons. The zero-order chi connectivity index (χ0) is 13.1. The second kappa shape index (κ2) is 4.96. The molecular formula is C14H15NO3. The van der Waals surface area contributed by atoms with Crippen LogP contribution >= 0.6 is 0 Å². The van der Waals surface area contributed by atoms with Crippen molar-refractivity contribution in [1.29, 1.82) is 5.41 Å². The molecule has 0 unspecified atom stereocenters. The fourth-order valence-corrected chi connectivity index (χ4v) is 1.72. The van der Waals surface area contributed by atoms with Crippen LogP contribution < -0.4 is 4.74 Å². The van der Waals surface area contributed by atoms with E-state index in [0.717, 1.165) is 11.3 Å². The van der Waals surface area contributed by atoms with Crippen LogP contribution in [0.1, 0.15) is 11.3 Å². The highest BCUT2D eigenvalue weighted by Gasteiger charge is 2.13. The van der Waals surface area contributed by atoms with Gasteiger partial charge in [0.15, 0.2) is 0 Å². The summed E-state index contributed by atoms with van der Waals surface area (Å²) >= 11 is 0. The van der Waals surface area contributed by atoms with Crippen molar-refractivity contribution in [2.24, 2.45) is 0 Å². The number of rotatable bonds is 3. The molecule has 4 nitrogen and oxygen atoms in total. The number of hydrogen-bond acceptors (Lipinski definition) is 4. The molecule has 0 fully saturated rings. The third-order valence-corrected chi connectivity index (χ3v) is 2.74. The van der Waals surface area contributed by atoms with Gasteiger partial charge in [-0.05, 0) is 37.3 Å². The Morgan fingerprint density at radius 1 is 1.17 bits per heavy atom. The van der Waals surface area contributed by atoms with Gasteiger partial charge in [-0.15, -0.1) is 0 Å². The lowest BCUT2D eigenvalue weighted by molar-refractivity contribution is 0.399. The smallest absolute Gasteiger partial charge is 0.216 e. The van der Waals surface area contributed by atoms with Crippen LogP contribution in [0.5, 0.6) is 5.75 Å². The summed E-state index contributed by atoms with van der Waals surface area (Å²) in [5, 5.41) is 7.66. The summed E-state index contributed by atoms with van der Waals surface area (Å²) < 4.78 is 15.6. The molecule has 2 rings (SSSR count). The number of benzene rings is 1. The predicted molar refractivity (Wildman–Crippen MR) is 69.3 cm³/mol. The maximum absolute atomic E-state index is 7.66. The van der Waals surface area contributed by atoms with Gasteiger partial charge in [0, 0.05) is 5.56 Å². The lowest BCUT2D eigenvalue weighted by atomic mass is 10.1. The highest BCUT2D eigenvalue weighted by atomic mass is 16.5. The Morgan fingerprint density at radius 2 is 1.83 bits per heavy atom. The Labute approximate surface area is 106 Å². The van der Waals surface area contributed by atoms with Gasteiger partial charge in [0.25, 0.3) is 0 Å². The summed E-state index contributed by atoms with van der Waals surface area (Å²) in [6.07, 6.45) is 0. The predicted octanol–water partition coefficient (Wildman–Crippen LogP) is 3.24. The van der Waals surface area contributed by atoms with Gasteiger partial charge in [-0.3, -0.25) is 5.41 Å². The van der Waals surface area contributed by atoms with Crippen molar-refractivity contribution in [2.75, 3.05) is 14.2 Å². The molecule has 0 aliphatic heterocycles. The lowest BCUT2D eigenvalue weighted by Gasteiger charge is -2.00. The van der Waals surface area contributed by atoms with Crippen LogP contribution in [-0.4, -0.2) is 20.1 Å². The lowest BCUT2D eigenvalue weighted by Crippen LogP contribution is -2.00. The highest BCUT2D eigenvalue weighted by Crippen LogP contribution is 2.27. The monoisotopic (exact) mass is 245 g/mol. The number of nitrogens with one attached hydrogen (secondary N) is 1. The molecule has 18 heavy (non-hydrogen) atoms. The number of aryl methyl sites for hydroxylation is 1. The average Bonchev–Trinajstić information content (AvgIpc) is 2.80. The summed E-state index contributed by atoms with van der Waals surface area (Å²) in [6.45, 7) is 1.82. The van der Waals surface area contributed by atoms with E-state index in [4.69, 9.17) is 19.3 Å². The van der Waals surface area contributed by atoms with Gasteiger partial charge in [0.1, 0.15) is 17.3 Å². The maximum Gasteiger partial charge on any atom is 0.216 e. The summed E-state index contributed by atoms with van der Waals surface area (Å²) in [5.41, 5.74) is 1.61. The number of hydrogen-bond donors (Lipinski definition) is 1. The van der Waals surface area contributed by atoms with Crippen molar-refractivity contribution in [1.82, 2.24) is 0 Å². The molecular weight excluding hydrogens is 230 g/mol. The molecule has 0 bridgehead atoms. The third-order valence-electron chi connectivity index (χ3n) is 2.74. The first kappa shape index (κ1) is 12.2. The van der Waals surface area contributed by atoms with E-state index in [9.17, 15) is 0 Å². The normalized spacial score (nSPS) is 10.2. The molecule has 0 saturated carbocycles. The molecule has 4 heteroatoms. The fourth-order valence-electron chi connectivity index (χ4n) is 1.72. The average molecular weight is 245 g/mol. The molecule has 1 N–H and O–H groups in total. The largest absolute Gasteiger partial charge is 0.497 e. The Balaban J connectivity index is 2.36. The topological polar surface area (TPSA) is 55.5 Å². The molecule has 0 saturated heterocycles. The van der Waals surface area contributed by atoms with E-state index in [1.54, 1.807) is 7.11 Å². The van der Waals surface area contributed by atoms with Gasteiger partial charge in [-0.1, -0.05) is 0 Å². The van der Waals surface area contributed by atoms with Crippen LogP contribution in [0.2, 0.25) is 0 Å². The van der Waals surface area contributed by atoms with E-state index in [1.807, 2.05) is 37.3 Å². The van der Waals surface area contributed by atoms with E-state index in [0.29, 0.717) is 17.1 Å². The quantitative estimate of drug-likeness (QED) is 0.667. The second-order valence-corrected chi connectivity index (χ2v) is 3.84. The molecule has 1 aromatic carbocycles. The minimum absolute atomic E-state index is 0.107. The Morgan fingerprint density at radius 3 is 2.39 bits per heavy atom. The summed E-state index contributed by atoms with van der Waals surface area (Å²) in [6, 6.07) is 9.38. The zero-order valence-electron chi connectivity index (χ0n) is 10.6. The van der Waals surface area contributed by atoms with Crippen LogP contribution in [0.15, 0.2) is 34.7 Å². The van der Waals surface area contributed by atoms with Gasteiger partial charge in [0.2, 0.25) is 5.90 Å². The number of ether oxygens (including phenoxy) is 2. The fraction of sp³-hybridized carbons (Fsp3) is 0.214. The summed E-state index contributed by atoms with van der Waals surface area (Å²) in [4.78, 5) is 0. The van der Waals surface area contributed by atoms with Crippen molar-refractivity contribution >= 4 is 5.90 Å². The van der Waals surface area contributed by atoms with Gasteiger partial charge < -0.3 is 13.9 Å². The van der Waals surface area contributed by atoms with Gasteiger partial charge in [-0.2, -0.15) is 0 Å². The van der Waals surface area contributed by atoms with Crippen LogP contribution in [0.4, 0.5) is 0 Å². The summed E-state index contributed by atoms with van der Waals surface area (Å²) in [7, 11) is 3.10. The molecule has 94 valence electrons. The third kappa shape index (κ3) is 2.22. The van der Waals surface area contributed by atoms with Crippen molar-refractivity contribution in [3.05, 3.63) is 41.7 Å². The second-order valence-electron chi connectivity index (χ2n) is 3.84. The minimum Gasteiger partial charge on any atom is -0.497 e. The maximum atomic E-state index is 7.66. The Bertz CT molecular complexity index is 555. The van der Waals surface area contributed by atoms with E-state index in [1.165, 1.54) is 7.11 Å². The molecule has 0 aliphatic rings. The molecule has 0 amide bonds. The van der Waals surface area contributed by atoms with Crippen LogP contribution in [0.25, 0.3) is 11.3 Å². The van der Waals surface area contributed by atoms with Crippen molar-refractivity contribution in [3.63, 3.8) is 0 Å². The van der Waals surface area contributed by atoms with E-state index >= 15 is 0 Å². The molecule has 0 atom stereocenters. The Kier molecular flexibility index (Phi) is 3.37. The van der Waals surface area contributed by atoms with Crippen molar-refractivity contribution in [3.8, 4) is 17.1 Å². The SMILES string of the molecule is COC(=N)c1cc(-c2ccc(OC)cc2)oc1C. The first-order valence-corrected chi connectivity index (χ1v) is 5.53. The molecule has 0 spiro atoms. The van der Waals surface area contributed by atoms with Crippen LogP contribution in [-0.2, 0) is 4.74 Å². The Hall–Kier alpha value is -2.23. The standard InChI is InChI=1S/C14H15NO3/c1-9-12(14(15)17-3)8-13(18-9)10-4-6-11(16-2)7-5-10/h4-8,15H,1-3H3. The van der Waals surface area contributed by atoms with Gasteiger partial charge in [0.05, 0.1) is 19.8 Å². The zero-order valence-corrected chi connectivity index (χ0v) is 10.6. The first-order chi connectivity index (χ1) is 8.65. The van der Waals surface area contributed by atoms with Gasteiger partial charge >= 0.3 is 0 Å². The van der Waals surface area contributed by atoms with Crippen LogP contribution in [0.3, 0.4) is 0 Å². The molecule has 1 heterocycles. The van der Waals surface area contributed by atoms with Crippen molar-refractivity contribution in [2.45, 2.75) is 6.92 Å². The first-order valence-electron chi connectivity index (χ1n) is 5.53. The molecule has 1 aromatic heterocycles. The molecule has 2 aromatic rings. The van der Waals surface area contributed by atoms with E-state index < -0.39 is 0 Å². The highest BCUT2D eigenvalue weighted by molar-refractivity contribution is 5.93. The number of methoxy groups -OCH3 is 2. The molecule has 0 aliphatic carbocycles. The van der Waals surface area contributed by atoms with Gasteiger partial charge in [-0.25, -0.2) is 0 Å². The number of furan rings is 1. The van der Waals surface area contributed by atoms with Crippen LogP contribution in [0, 0.1) is 12.3 Å². The minimum atomic E-state index is 0.107. The summed E-state index contributed by atoms with van der Waals surface area (Å²) in [5.74, 6) is 2.29. The van der Waals surface area contributed by atoms with Crippen molar-refractivity contribution < 1.29 is 13.9 Å². The van der Waals surface area contributed by atoms with E-state index in [-0.39, 0.29) is 5.90 Å².